The number of carbonyl (C=O) groups is 1. The van der Waals surface area contributed by atoms with E-state index in [1.165, 1.54) is 9.80 Å². The van der Waals surface area contributed by atoms with Crippen molar-refractivity contribution >= 4 is 40.6 Å². The second kappa shape index (κ2) is 7.72. The third kappa shape index (κ3) is 3.52. The van der Waals surface area contributed by atoms with Gasteiger partial charge in [-0.05, 0) is 66.2 Å². The Hall–Kier alpha value is -3.14. The summed E-state index contributed by atoms with van der Waals surface area (Å²) in [5.41, 5.74) is 0.814. The Bertz CT molecular complexity index is 1260. The number of urea groups is 1. The van der Waals surface area contributed by atoms with Crippen molar-refractivity contribution in [2.75, 3.05) is 9.80 Å². The average Bonchev–Trinajstić information content (AvgIpc) is 3.02. The number of hydrogen-bond donors (Lipinski definition) is 0. The number of amides is 2. The molecule has 0 radical (unpaired) electrons. The van der Waals surface area contributed by atoms with Gasteiger partial charge in [0.15, 0.2) is 0 Å². The lowest BCUT2D eigenvalue weighted by Crippen LogP contribution is -2.62. The molecule has 1 saturated carbocycles. The largest absolute Gasteiger partial charge is 0.330 e. The Morgan fingerprint density at radius 2 is 1.48 bits per heavy atom. The van der Waals surface area contributed by atoms with Gasteiger partial charge in [0.1, 0.15) is 0 Å². The summed E-state index contributed by atoms with van der Waals surface area (Å²) in [6.07, 6.45) is -1.00. The lowest BCUT2D eigenvalue weighted by atomic mass is 9.66. The number of hydrogen-bond acceptors (Lipinski definition) is 2. The molecule has 1 heterocycles. The summed E-state index contributed by atoms with van der Waals surface area (Å²) in [6.45, 7) is 0. The molecule has 33 heavy (non-hydrogen) atoms. The van der Waals surface area contributed by atoms with Crippen molar-refractivity contribution in [3.8, 4) is 6.07 Å². The molecule has 1 aliphatic heterocycles. The van der Waals surface area contributed by atoms with Gasteiger partial charge in [0, 0.05) is 34.3 Å². The molecule has 1 atom stereocenters. The number of rotatable bonds is 3. The SMILES string of the molecule is N#Cc1cccc([C@H]2N(c3ccc(Cl)cc3)C(=O)N(c3ccc(Cl)cc3)C23CC(F)(F)C3)c1. The third-order valence-electron chi connectivity index (χ3n) is 6.26. The van der Waals surface area contributed by atoms with Crippen LogP contribution in [0.15, 0.2) is 72.8 Å². The Kier molecular flexibility index (Phi) is 5.08. The van der Waals surface area contributed by atoms with Crippen LogP contribution < -0.4 is 9.80 Å². The van der Waals surface area contributed by atoms with Crippen molar-refractivity contribution in [3.63, 3.8) is 0 Å². The van der Waals surface area contributed by atoms with E-state index in [1.54, 1.807) is 72.8 Å². The quantitative estimate of drug-likeness (QED) is 0.394. The topological polar surface area (TPSA) is 47.3 Å². The number of alkyl halides is 2. The van der Waals surface area contributed by atoms with Crippen molar-refractivity contribution in [2.45, 2.75) is 30.3 Å². The van der Waals surface area contributed by atoms with Gasteiger partial charge in [-0.15, -0.1) is 0 Å². The van der Waals surface area contributed by atoms with Gasteiger partial charge < -0.3 is 0 Å². The van der Waals surface area contributed by atoms with E-state index in [2.05, 4.69) is 6.07 Å². The standard InChI is InChI=1S/C25H17Cl2F2N3O/c26-18-4-8-20(9-5-18)31-22(17-3-1-2-16(12-17)13-30)24(14-25(28,29)15-24)32(23(31)33)21-10-6-19(27)7-11-21/h1-12,22H,14-15H2/t22-/m1/s1. The van der Waals surface area contributed by atoms with Crippen LogP contribution in [-0.4, -0.2) is 17.5 Å². The number of benzene rings is 3. The van der Waals surface area contributed by atoms with Crippen molar-refractivity contribution in [3.05, 3.63) is 94.0 Å². The summed E-state index contributed by atoms with van der Waals surface area (Å²) in [7, 11) is 0. The molecule has 0 unspecified atom stereocenters. The van der Waals surface area contributed by atoms with Crippen LogP contribution in [0.5, 0.6) is 0 Å². The molecule has 1 spiro atoms. The highest BCUT2D eigenvalue weighted by atomic mass is 35.5. The Balaban J connectivity index is 1.73. The van der Waals surface area contributed by atoms with Gasteiger partial charge in [0.25, 0.3) is 5.92 Å². The minimum absolute atomic E-state index is 0.391. The fraction of sp³-hybridized carbons (Fsp3) is 0.200. The van der Waals surface area contributed by atoms with Gasteiger partial charge in [-0.25, -0.2) is 13.6 Å². The van der Waals surface area contributed by atoms with Crippen LogP contribution in [0.3, 0.4) is 0 Å². The van der Waals surface area contributed by atoms with E-state index in [9.17, 15) is 18.8 Å². The number of carbonyl (C=O) groups excluding carboxylic acids is 1. The highest BCUT2D eigenvalue weighted by Crippen LogP contribution is 2.61. The molecule has 2 amide bonds. The molecule has 1 saturated heterocycles. The van der Waals surface area contributed by atoms with Crippen molar-refractivity contribution < 1.29 is 13.6 Å². The number of halogens is 4. The highest BCUT2D eigenvalue weighted by molar-refractivity contribution is 6.31. The molecule has 2 aliphatic rings. The van der Waals surface area contributed by atoms with Gasteiger partial charge >= 0.3 is 6.03 Å². The maximum Gasteiger partial charge on any atom is 0.330 e. The fourth-order valence-electron chi connectivity index (χ4n) is 5.02. The van der Waals surface area contributed by atoms with Crippen LogP contribution in [0.4, 0.5) is 25.0 Å². The van der Waals surface area contributed by atoms with E-state index in [-0.39, 0.29) is 0 Å². The molecule has 3 aromatic carbocycles. The normalized spacial score (nSPS) is 20.6. The Labute approximate surface area is 199 Å². The first-order valence-electron chi connectivity index (χ1n) is 10.3. The number of nitriles is 1. The van der Waals surface area contributed by atoms with Crippen molar-refractivity contribution in [2.24, 2.45) is 0 Å². The maximum atomic E-state index is 14.5. The van der Waals surface area contributed by atoms with E-state index < -0.39 is 36.4 Å². The summed E-state index contributed by atoms with van der Waals surface area (Å²) >= 11 is 12.1. The smallest absolute Gasteiger partial charge is 0.285 e. The third-order valence-corrected chi connectivity index (χ3v) is 6.76. The number of nitrogens with zero attached hydrogens (tertiary/aromatic N) is 3. The van der Waals surface area contributed by atoms with Crippen LogP contribution in [0.2, 0.25) is 10.0 Å². The summed E-state index contributed by atoms with van der Waals surface area (Å²) in [5, 5.41) is 10.4. The molecular weight excluding hydrogens is 467 g/mol. The number of anilines is 2. The first kappa shape index (κ1) is 21.7. The molecule has 8 heteroatoms. The van der Waals surface area contributed by atoms with Crippen molar-refractivity contribution in [1.29, 1.82) is 5.26 Å². The molecule has 166 valence electrons. The van der Waals surface area contributed by atoms with E-state index >= 15 is 0 Å². The first-order valence-corrected chi connectivity index (χ1v) is 11.0. The van der Waals surface area contributed by atoms with Crippen LogP contribution in [0.1, 0.15) is 30.0 Å². The minimum atomic E-state index is -2.91. The van der Waals surface area contributed by atoms with Gasteiger partial charge in [-0.1, -0.05) is 35.3 Å². The lowest BCUT2D eigenvalue weighted by Gasteiger charge is -2.52. The fourth-order valence-corrected chi connectivity index (χ4v) is 5.28. The molecule has 1 aliphatic carbocycles. The lowest BCUT2D eigenvalue weighted by molar-refractivity contribution is -0.124. The summed E-state index contributed by atoms with van der Waals surface area (Å²) < 4.78 is 29.0. The molecule has 5 rings (SSSR count). The zero-order valence-electron chi connectivity index (χ0n) is 17.2. The minimum Gasteiger partial charge on any atom is -0.285 e. The molecule has 4 nitrogen and oxygen atoms in total. The molecule has 2 fully saturated rings. The monoisotopic (exact) mass is 483 g/mol. The maximum absolute atomic E-state index is 14.5. The highest BCUT2D eigenvalue weighted by Gasteiger charge is 2.70. The van der Waals surface area contributed by atoms with E-state index in [1.807, 2.05) is 0 Å². The van der Waals surface area contributed by atoms with Crippen LogP contribution in [0.25, 0.3) is 0 Å². The molecular formula is C25H17Cl2F2N3O. The predicted molar refractivity (Wildman–Crippen MR) is 124 cm³/mol. The summed E-state index contributed by atoms with van der Waals surface area (Å²) in [6, 6.07) is 21.0. The van der Waals surface area contributed by atoms with Gasteiger partial charge in [0.05, 0.1) is 23.2 Å². The molecule has 0 bridgehead atoms. The molecule has 0 aromatic heterocycles. The summed E-state index contributed by atoms with van der Waals surface area (Å²) in [4.78, 5) is 16.9. The summed E-state index contributed by atoms with van der Waals surface area (Å²) in [5.74, 6) is -2.91. The Morgan fingerprint density at radius 3 is 2.03 bits per heavy atom. The van der Waals surface area contributed by atoms with Crippen LogP contribution in [-0.2, 0) is 0 Å². The van der Waals surface area contributed by atoms with Gasteiger partial charge in [-0.3, -0.25) is 9.80 Å². The van der Waals surface area contributed by atoms with E-state index in [4.69, 9.17) is 23.2 Å². The predicted octanol–water partition coefficient (Wildman–Crippen LogP) is 7.22. The van der Waals surface area contributed by atoms with Crippen molar-refractivity contribution in [1.82, 2.24) is 0 Å². The second-order valence-electron chi connectivity index (χ2n) is 8.39. The molecule has 3 aromatic rings. The zero-order valence-corrected chi connectivity index (χ0v) is 18.7. The first-order chi connectivity index (χ1) is 15.7. The zero-order chi connectivity index (χ0) is 23.4. The van der Waals surface area contributed by atoms with E-state index in [0.717, 1.165) is 0 Å². The second-order valence-corrected chi connectivity index (χ2v) is 9.27. The van der Waals surface area contributed by atoms with Gasteiger partial charge in [0.2, 0.25) is 0 Å². The molecule has 0 N–H and O–H groups in total. The van der Waals surface area contributed by atoms with E-state index in [0.29, 0.717) is 32.5 Å². The van der Waals surface area contributed by atoms with Gasteiger partial charge in [-0.2, -0.15) is 5.26 Å². The van der Waals surface area contributed by atoms with Crippen LogP contribution in [0, 0.1) is 11.3 Å². The average molecular weight is 484 g/mol. The Morgan fingerprint density at radius 1 is 0.909 bits per heavy atom. The van der Waals surface area contributed by atoms with Crippen LogP contribution >= 0.6 is 23.2 Å².